The van der Waals surface area contributed by atoms with Crippen LogP contribution < -0.4 is 21.7 Å². The summed E-state index contributed by atoms with van der Waals surface area (Å²) in [6, 6.07) is -3.95. The molecule has 3 rings (SSSR count). The fourth-order valence-electron chi connectivity index (χ4n) is 6.66. The molecule has 1 saturated carbocycles. The number of nitrogens with one attached hydrogen (secondary N) is 3. The molecule has 19 nitrogen and oxygen atoms in total. The summed E-state index contributed by atoms with van der Waals surface area (Å²) >= 11 is 0. The second-order valence-corrected chi connectivity index (χ2v) is 17.8. The average Bonchev–Trinajstić information content (AvgIpc) is 2.99. The molecule has 55 heavy (non-hydrogen) atoms. The van der Waals surface area contributed by atoms with Gasteiger partial charge in [-0.1, -0.05) is 0 Å². The highest BCUT2D eigenvalue weighted by Gasteiger charge is 2.53. The molecule has 3 fully saturated rings. The number of hydrogen-bond donors (Lipinski definition) is 7. The van der Waals surface area contributed by atoms with Crippen LogP contribution in [0, 0.1) is 0 Å². The molecule has 1 aliphatic carbocycles. The van der Waals surface area contributed by atoms with Crippen molar-refractivity contribution in [3.63, 3.8) is 0 Å². The van der Waals surface area contributed by atoms with E-state index in [0.29, 0.717) is 12.8 Å². The summed E-state index contributed by atoms with van der Waals surface area (Å²) in [6.07, 6.45) is -10.8. The fourth-order valence-corrected chi connectivity index (χ4v) is 6.66. The van der Waals surface area contributed by atoms with Crippen molar-refractivity contribution < 1.29 is 67.7 Å². The molecule has 0 aromatic heterocycles. The molecular weight excluding hydrogens is 726 g/mol. The van der Waals surface area contributed by atoms with Crippen LogP contribution in [0.5, 0.6) is 0 Å². The van der Waals surface area contributed by atoms with Crippen molar-refractivity contribution in [1.29, 1.82) is 0 Å². The Balaban J connectivity index is 1.94. The summed E-state index contributed by atoms with van der Waals surface area (Å²) in [6.45, 7) is 17.8. The molecule has 6 unspecified atom stereocenters. The molecule has 0 radical (unpaired) electrons. The number of hydrogen-bond acceptors (Lipinski definition) is 15. The summed E-state index contributed by atoms with van der Waals surface area (Å²) in [5.41, 5.74) is 2.48. The molecule has 0 spiro atoms. The maximum absolute atomic E-state index is 13.1. The van der Waals surface area contributed by atoms with E-state index in [-0.39, 0.29) is 19.6 Å². The van der Waals surface area contributed by atoms with E-state index in [2.05, 4.69) is 16.0 Å². The molecule has 2 saturated heterocycles. The highest BCUT2D eigenvalue weighted by Crippen LogP contribution is 2.34. The number of aliphatic hydroxyl groups excluding tert-OH is 2. The second-order valence-electron chi connectivity index (χ2n) is 17.8. The Labute approximate surface area is 323 Å². The number of carbonyl (C=O) groups is 4. The van der Waals surface area contributed by atoms with Gasteiger partial charge in [-0.15, -0.1) is 0 Å². The Bertz CT molecular complexity index is 1330. The lowest BCUT2D eigenvalue weighted by molar-refractivity contribution is -0.313. The quantitative estimate of drug-likeness (QED) is 0.161. The van der Waals surface area contributed by atoms with Crippen molar-refractivity contribution >= 4 is 24.2 Å². The Kier molecular flexibility index (Phi) is 15.2. The molecule has 2 aliphatic heterocycles. The molecule has 0 bridgehead atoms. The van der Waals surface area contributed by atoms with Crippen LogP contribution in [-0.4, -0.2) is 154 Å². The molecule has 4 amide bonds. The average molecular weight is 792 g/mol. The first-order valence-electron chi connectivity index (χ1n) is 18.7. The Morgan fingerprint density at radius 2 is 1.31 bits per heavy atom. The van der Waals surface area contributed by atoms with Crippen LogP contribution >= 0.6 is 0 Å². The standard InChI is InChI=1S/C36H65N5O14/c1-18(42)41(12)27-24(44)29(49-17-36(27,11)48)51-25-20(37)15-22(40-32(47)55-35(8,9)10)26(23(25)43)52-28-21(39-31(46)54-34(5,6)7)14-13-19(50-28)16-38-30(45)53-33(2,3)4/h19-29,43-44,48H,13-17,37H2,1-12H3,(H,38,45)(H,39,46)(H,40,47)/t19-,20-,21?,22+,23?,24?,25?,26?,27-,28-,29+,36?/m1/s1. The molecule has 0 aromatic rings. The number of amides is 4. The van der Waals surface area contributed by atoms with Crippen LogP contribution in [-0.2, 0) is 38.0 Å². The number of likely N-dealkylation sites (N-methyl/N-ethyl adjacent to an activating group) is 1. The van der Waals surface area contributed by atoms with E-state index in [4.69, 9.17) is 38.9 Å². The predicted octanol–water partition coefficient (Wildman–Crippen LogP) is 0.980. The van der Waals surface area contributed by atoms with Gasteiger partial charge in [-0.25, -0.2) is 14.4 Å². The number of rotatable bonds is 9. The van der Waals surface area contributed by atoms with E-state index in [1.165, 1.54) is 25.8 Å². The van der Waals surface area contributed by atoms with Gasteiger partial charge in [0.25, 0.3) is 0 Å². The first-order valence-corrected chi connectivity index (χ1v) is 18.7. The zero-order valence-electron chi connectivity index (χ0n) is 34.2. The van der Waals surface area contributed by atoms with Gasteiger partial charge >= 0.3 is 18.3 Å². The van der Waals surface area contributed by atoms with Crippen molar-refractivity contribution in [3.05, 3.63) is 0 Å². The first kappa shape index (κ1) is 46.3. The minimum absolute atomic E-state index is 0.0217. The van der Waals surface area contributed by atoms with Crippen molar-refractivity contribution in [2.75, 3.05) is 20.2 Å². The van der Waals surface area contributed by atoms with Crippen molar-refractivity contribution in [3.8, 4) is 0 Å². The van der Waals surface area contributed by atoms with E-state index >= 15 is 0 Å². The van der Waals surface area contributed by atoms with Gasteiger partial charge in [0, 0.05) is 26.6 Å². The lowest BCUT2D eigenvalue weighted by Gasteiger charge is -2.50. The van der Waals surface area contributed by atoms with E-state index < -0.39 is 114 Å². The molecule has 12 atom stereocenters. The predicted molar refractivity (Wildman–Crippen MR) is 195 cm³/mol. The highest BCUT2D eigenvalue weighted by atomic mass is 16.7. The van der Waals surface area contributed by atoms with Gasteiger partial charge in [0.1, 0.15) is 46.8 Å². The Hall–Kier alpha value is -3.04. The summed E-state index contributed by atoms with van der Waals surface area (Å²) in [4.78, 5) is 51.9. The SMILES string of the molecule is CC(=O)N(C)[C@@H]1C(O)[C@H](OC2C(O)C(O[C@H]3O[C@@H](CNC(=O)OC(C)(C)C)CCC3NC(=O)OC(C)(C)C)[C@@H](NC(=O)OC(C)(C)C)C[C@H]2N)OCC1(C)O. The number of nitrogens with two attached hydrogens (primary N) is 1. The van der Waals surface area contributed by atoms with E-state index in [0.717, 1.165) is 0 Å². The lowest BCUT2D eigenvalue weighted by Crippen LogP contribution is -2.70. The van der Waals surface area contributed by atoms with Gasteiger partial charge in [-0.05, 0) is 88.5 Å². The van der Waals surface area contributed by atoms with Crippen LogP contribution in [0.3, 0.4) is 0 Å². The fraction of sp³-hybridized carbons (Fsp3) is 0.889. The van der Waals surface area contributed by atoms with Crippen molar-refractivity contribution in [2.24, 2.45) is 5.73 Å². The third-order valence-electron chi connectivity index (χ3n) is 9.03. The number of ether oxygens (including phenoxy) is 7. The van der Waals surface area contributed by atoms with Crippen molar-refractivity contribution in [1.82, 2.24) is 20.9 Å². The maximum atomic E-state index is 13.1. The molecular formula is C36H65N5O14. The summed E-state index contributed by atoms with van der Waals surface area (Å²) in [5.74, 6) is -0.425. The number of carbonyl (C=O) groups excluding carboxylic acids is 4. The lowest BCUT2D eigenvalue weighted by atomic mass is 9.83. The van der Waals surface area contributed by atoms with Crippen LogP contribution in [0.25, 0.3) is 0 Å². The number of nitrogens with zero attached hydrogens (tertiary/aromatic N) is 1. The van der Waals surface area contributed by atoms with Gasteiger partial charge < -0.3 is 75.1 Å². The van der Waals surface area contributed by atoms with Crippen LogP contribution in [0.2, 0.25) is 0 Å². The maximum Gasteiger partial charge on any atom is 0.408 e. The summed E-state index contributed by atoms with van der Waals surface area (Å²) < 4.78 is 40.9. The van der Waals surface area contributed by atoms with Gasteiger partial charge in [-0.3, -0.25) is 4.79 Å². The molecule has 8 N–H and O–H groups in total. The monoisotopic (exact) mass is 791 g/mol. The molecule has 3 aliphatic rings. The van der Waals surface area contributed by atoms with E-state index in [9.17, 15) is 34.5 Å². The minimum atomic E-state index is -1.65. The van der Waals surface area contributed by atoms with Gasteiger partial charge in [0.15, 0.2) is 12.6 Å². The second kappa shape index (κ2) is 18.0. The Morgan fingerprint density at radius 1 is 0.800 bits per heavy atom. The normalized spacial score (nSPS) is 34.5. The summed E-state index contributed by atoms with van der Waals surface area (Å²) in [7, 11) is 1.42. The van der Waals surface area contributed by atoms with Crippen LogP contribution in [0.15, 0.2) is 0 Å². The van der Waals surface area contributed by atoms with Crippen molar-refractivity contribution in [2.45, 2.75) is 185 Å². The molecule has 0 aromatic carbocycles. The molecule has 19 heteroatoms. The Morgan fingerprint density at radius 3 is 1.84 bits per heavy atom. The molecule has 318 valence electrons. The first-order chi connectivity index (χ1) is 25.1. The van der Waals surface area contributed by atoms with Crippen LogP contribution in [0.1, 0.15) is 95.4 Å². The van der Waals surface area contributed by atoms with Crippen LogP contribution in [0.4, 0.5) is 14.4 Å². The zero-order valence-corrected chi connectivity index (χ0v) is 34.2. The van der Waals surface area contributed by atoms with Gasteiger partial charge in [-0.2, -0.15) is 0 Å². The number of aliphatic hydroxyl groups is 3. The largest absolute Gasteiger partial charge is 0.444 e. The topological polar surface area (TPSA) is 259 Å². The van der Waals surface area contributed by atoms with E-state index in [1.54, 1.807) is 62.3 Å². The highest BCUT2D eigenvalue weighted by molar-refractivity contribution is 5.73. The third-order valence-corrected chi connectivity index (χ3v) is 9.03. The zero-order chi connectivity index (χ0) is 41.8. The molecule has 2 heterocycles. The van der Waals surface area contributed by atoms with Gasteiger partial charge in [0.2, 0.25) is 5.91 Å². The van der Waals surface area contributed by atoms with E-state index in [1.807, 2.05) is 0 Å². The van der Waals surface area contributed by atoms with Gasteiger partial charge in [0.05, 0.1) is 30.8 Å². The minimum Gasteiger partial charge on any atom is -0.444 e. The third kappa shape index (κ3) is 13.8. The summed E-state index contributed by atoms with van der Waals surface area (Å²) in [5, 5.41) is 42.5. The number of alkyl carbamates (subject to hydrolysis) is 3. The smallest absolute Gasteiger partial charge is 0.408 e.